The molecule has 0 aromatic heterocycles. The molecule has 0 heterocycles. The monoisotopic (exact) mass is 408 g/mol. The molecule has 3 aromatic rings. The van der Waals surface area contributed by atoms with E-state index in [9.17, 15) is 9.18 Å². The van der Waals surface area contributed by atoms with Crippen LogP contribution in [0.5, 0.6) is 0 Å². The van der Waals surface area contributed by atoms with Crippen LogP contribution in [0.3, 0.4) is 0 Å². The Hall–Kier alpha value is -2.72. The predicted molar refractivity (Wildman–Crippen MR) is 103 cm³/mol. The van der Waals surface area contributed by atoms with Gasteiger partial charge in [-0.15, -0.1) is 0 Å². The van der Waals surface area contributed by atoms with Gasteiger partial charge in [0, 0.05) is 27.2 Å². The topological polar surface area (TPSA) is 26.3 Å². The van der Waals surface area contributed by atoms with E-state index >= 15 is 0 Å². The van der Waals surface area contributed by atoms with Crippen LogP contribution < -0.4 is 0 Å². The number of esters is 1. The molecule has 0 spiro atoms. The fraction of sp³-hybridized carbons (Fsp3) is 0.0455. The second-order valence-electron chi connectivity index (χ2n) is 5.99. The van der Waals surface area contributed by atoms with Crippen molar-refractivity contribution in [2.45, 2.75) is 6.10 Å². The third-order valence-electron chi connectivity index (χ3n) is 4.37. The minimum Gasteiger partial charge on any atom is -0.449 e. The van der Waals surface area contributed by atoms with E-state index in [1.807, 2.05) is 48.5 Å². The zero-order valence-electron chi connectivity index (χ0n) is 13.7. The van der Waals surface area contributed by atoms with Gasteiger partial charge in [0.2, 0.25) is 0 Å². The quantitative estimate of drug-likeness (QED) is 0.397. The van der Waals surface area contributed by atoms with E-state index in [0.29, 0.717) is 5.56 Å². The maximum atomic E-state index is 13.8. The highest BCUT2D eigenvalue weighted by Crippen LogP contribution is 2.45. The molecule has 2 nitrogen and oxygen atoms in total. The highest BCUT2D eigenvalue weighted by atomic mass is 79.9. The second-order valence-corrected chi connectivity index (χ2v) is 6.91. The van der Waals surface area contributed by atoms with Crippen LogP contribution in [0.2, 0.25) is 0 Å². The lowest BCUT2D eigenvalue weighted by Gasteiger charge is -2.13. The molecule has 0 amide bonds. The third-order valence-corrected chi connectivity index (χ3v) is 4.86. The van der Waals surface area contributed by atoms with Crippen LogP contribution in [0.1, 0.15) is 22.8 Å². The van der Waals surface area contributed by atoms with Gasteiger partial charge in [-0.1, -0.05) is 64.5 Å². The molecule has 0 saturated heterocycles. The van der Waals surface area contributed by atoms with Crippen molar-refractivity contribution in [3.8, 4) is 11.1 Å². The van der Waals surface area contributed by atoms with Gasteiger partial charge >= 0.3 is 5.97 Å². The molecule has 0 atom stereocenters. The van der Waals surface area contributed by atoms with E-state index < -0.39 is 17.9 Å². The normalized spacial score (nSPS) is 12.8. The van der Waals surface area contributed by atoms with E-state index in [-0.39, 0.29) is 0 Å². The van der Waals surface area contributed by atoms with Gasteiger partial charge in [0.15, 0.2) is 6.10 Å². The number of ether oxygens (including phenoxy) is 1. The number of hydrogen-bond acceptors (Lipinski definition) is 2. The molecule has 0 aliphatic heterocycles. The molecule has 0 bridgehead atoms. The van der Waals surface area contributed by atoms with Crippen LogP contribution in [-0.2, 0) is 9.53 Å². The van der Waals surface area contributed by atoms with Crippen LogP contribution in [0.15, 0.2) is 77.3 Å². The van der Waals surface area contributed by atoms with Crippen molar-refractivity contribution < 1.29 is 13.9 Å². The molecular formula is C22H14BrFO2. The van der Waals surface area contributed by atoms with E-state index in [2.05, 4.69) is 15.9 Å². The van der Waals surface area contributed by atoms with Gasteiger partial charge in [0.25, 0.3) is 0 Å². The highest BCUT2D eigenvalue weighted by Gasteiger charge is 2.30. The fourth-order valence-electron chi connectivity index (χ4n) is 3.19. The number of rotatable bonds is 3. The summed E-state index contributed by atoms with van der Waals surface area (Å²) in [7, 11) is 0. The fourth-order valence-corrected chi connectivity index (χ4v) is 3.57. The first-order valence-electron chi connectivity index (χ1n) is 8.15. The lowest BCUT2D eigenvalue weighted by molar-refractivity contribution is -0.141. The number of benzene rings is 3. The molecule has 0 radical (unpaired) electrons. The Morgan fingerprint density at radius 1 is 0.962 bits per heavy atom. The second kappa shape index (κ2) is 6.89. The van der Waals surface area contributed by atoms with Gasteiger partial charge in [-0.3, -0.25) is 0 Å². The number of halogens is 2. The minimum absolute atomic E-state index is 0.323. The lowest BCUT2D eigenvalue weighted by Crippen LogP contribution is -2.08. The molecule has 1 aliphatic rings. The van der Waals surface area contributed by atoms with Crippen LogP contribution in [0.25, 0.3) is 17.2 Å². The summed E-state index contributed by atoms with van der Waals surface area (Å²) in [5.41, 5.74) is 4.39. The SMILES string of the molecule is O=C(/C=C/c1cc(Br)ccc1F)OC1c2ccccc2-c2ccccc21. The molecule has 4 rings (SSSR count). The van der Waals surface area contributed by atoms with Crippen LogP contribution in [0, 0.1) is 5.82 Å². The molecule has 0 unspecified atom stereocenters. The maximum Gasteiger partial charge on any atom is 0.331 e. The molecule has 1 aliphatic carbocycles. The summed E-state index contributed by atoms with van der Waals surface area (Å²) in [5, 5.41) is 0. The first-order valence-corrected chi connectivity index (χ1v) is 8.95. The summed E-state index contributed by atoms with van der Waals surface area (Å²) in [6.07, 6.45) is 2.23. The molecule has 0 fully saturated rings. The molecular weight excluding hydrogens is 395 g/mol. The Labute approximate surface area is 159 Å². The molecule has 0 saturated carbocycles. The number of fused-ring (bicyclic) bond motifs is 3. The van der Waals surface area contributed by atoms with Gasteiger partial charge in [0.05, 0.1) is 0 Å². The summed E-state index contributed by atoms with van der Waals surface area (Å²) in [6, 6.07) is 20.3. The van der Waals surface area contributed by atoms with Crippen molar-refractivity contribution in [1.82, 2.24) is 0 Å². The molecule has 26 heavy (non-hydrogen) atoms. The number of hydrogen-bond donors (Lipinski definition) is 0. The van der Waals surface area contributed by atoms with Gasteiger partial charge < -0.3 is 4.74 Å². The molecule has 0 N–H and O–H groups in total. The Morgan fingerprint density at radius 2 is 1.58 bits per heavy atom. The van der Waals surface area contributed by atoms with Crippen molar-refractivity contribution in [2.24, 2.45) is 0 Å². The summed E-state index contributed by atoms with van der Waals surface area (Å²) in [4.78, 5) is 12.3. The first-order chi connectivity index (χ1) is 12.6. The average Bonchev–Trinajstić information content (AvgIpc) is 2.97. The zero-order valence-corrected chi connectivity index (χ0v) is 15.2. The average molecular weight is 409 g/mol. The van der Waals surface area contributed by atoms with Crippen LogP contribution in [0.4, 0.5) is 4.39 Å². The van der Waals surface area contributed by atoms with Crippen molar-refractivity contribution in [2.75, 3.05) is 0 Å². The summed E-state index contributed by atoms with van der Waals surface area (Å²) < 4.78 is 20.2. The van der Waals surface area contributed by atoms with Gasteiger partial charge in [-0.2, -0.15) is 0 Å². The number of carbonyl (C=O) groups excluding carboxylic acids is 1. The van der Waals surface area contributed by atoms with Crippen LogP contribution in [-0.4, -0.2) is 5.97 Å². The van der Waals surface area contributed by atoms with Gasteiger partial charge in [-0.25, -0.2) is 9.18 Å². The van der Waals surface area contributed by atoms with Crippen molar-refractivity contribution in [3.05, 3.63) is 99.8 Å². The standard InChI is InChI=1S/C22H14BrFO2/c23-15-10-11-20(24)14(13-15)9-12-21(25)26-22-18-7-3-1-5-16(18)17-6-2-4-8-19(17)22/h1-13,22H/b12-9+. The Bertz CT molecular complexity index is 981. The van der Waals surface area contributed by atoms with E-state index in [4.69, 9.17) is 4.74 Å². The number of carbonyl (C=O) groups is 1. The van der Waals surface area contributed by atoms with Gasteiger partial charge in [0.1, 0.15) is 5.82 Å². The largest absolute Gasteiger partial charge is 0.449 e. The van der Waals surface area contributed by atoms with E-state index in [1.165, 1.54) is 18.2 Å². The lowest BCUT2D eigenvalue weighted by atomic mass is 10.1. The summed E-state index contributed by atoms with van der Waals surface area (Å²) in [6.45, 7) is 0. The smallest absolute Gasteiger partial charge is 0.331 e. The van der Waals surface area contributed by atoms with Crippen molar-refractivity contribution in [3.63, 3.8) is 0 Å². The van der Waals surface area contributed by atoms with E-state index in [0.717, 1.165) is 26.7 Å². The Morgan fingerprint density at radius 3 is 2.23 bits per heavy atom. The van der Waals surface area contributed by atoms with Gasteiger partial charge in [-0.05, 0) is 35.4 Å². The Balaban J connectivity index is 1.60. The summed E-state index contributed by atoms with van der Waals surface area (Å²) >= 11 is 3.29. The minimum atomic E-state index is -0.513. The zero-order chi connectivity index (χ0) is 18.1. The maximum absolute atomic E-state index is 13.8. The molecule has 3 aromatic carbocycles. The molecule has 128 valence electrons. The highest BCUT2D eigenvalue weighted by molar-refractivity contribution is 9.10. The van der Waals surface area contributed by atoms with Crippen molar-refractivity contribution in [1.29, 1.82) is 0 Å². The predicted octanol–water partition coefficient (Wildman–Crippen LogP) is 5.91. The van der Waals surface area contributed by atoms with E-state index in [1.54, 1.807) is 12.1 Å². The third kappa shape index (κ3) is 3.08. The van der Waals surface area contributed by atoms with Crippen LogP contribution >= 0.6 is 15.9 Å². The molecule has 4 heteroatoms. The summed E-state index contributed by atoms with van der Waals surface area (Å²) in [5.74, 6) is -0.908. The Kier molecular flexibility index (Phi) is 4.43. The first kappa shape index (κ1) is 16.7. The van der Waals surface area contributed by atoms with Crippen molar-refractivity contribution >= 4 is 28.0 Å².